The first-order valence-electron chi connectivity index (χ1n) is 4.04. The van der Waals surface area contributed by atoms with Crippen LogP contribution in [-0.2, 0) is 11.3 Å². The van der Waals surface area contributed by atoms with Gasteiger partial charge in [0.1, 0.15) is 5.01 Å². The van der Waals surface area contributed by atoms with Gasteiger partial charge in [0.25, 0.3) is 0 Å². The Kier molecular flexibility index (Phi) is 3.39. The van der Waals surface area contributed by atoms with Crippen LogP contribution in [0.3, 0.4) is 0 Å². The molecule has 0 saturated heterocycles. The van der Waals surface area contributed by atoms with Gasteiger partial charge in [-0.2, -0.15) is 0 Å². The molecule has 0 aromatic carbocycles. The molecule has 5 heteroatoms. The summed E-state index contributed by atoms with van der Waals surface area (Å²) in [6, 6.07) is -0.457. The molecule has 3 N–H and O–H groups in total. The number of hydrogen-bond acceptors (Lipinski definition) is 4. The van der Waals surface area contributed by atoms with Crippen LogP contribution in [0.5, 0.6) is 0 Å². The number of nitrogens with zero attached hydrogens (tertiary/aromatic N) is 1. The van der Waals surface area contributed by atoms with Gasteiger partial charge in [0, 0.05) is 11.1 Å². The lowest BCUT2D eigenvalue weighted by molar-refractivity contribution is -0.122. The number of aryl methyl sites for hydroxylation is 1. The Balaban J connectivity index is 2.39. The second-order valence-corrected chi connectivity index (χ2v) is 3.83. The van der Waals surface area contributed by atoms with Gasteiger partial charge in [-0.3, -0.25) is 4.79 Å². The second-order valence-electron chi connectivity index (χ2n) is 2.89. The fourth-order valence-electron chi connectivity index (χ4n) is 0.808. The lowest BCUT2D eigenvalue weighted by Crippen LogP contribution is -2.37. The van der Waals surface area contributed by atoms with Crippen molar-refractivity contribution in [1.29, 1.82) is 0 Å². The second kappa shape index (κ2) is 4.34. The molecule has 1 atom stereocenters. The minimum absolute atomic E-state index is 0.146. The van der Waals surface area contributed by atoms with Crippen LogP contribution in [0.4, 0.5) is 0 Å². The SMILES string of the molecule is Cc1csc(CNC(=O)[C@@H](C)N)n1. The van der Waals surface area contributed by atoms with Gasteiger partial charge in [0.2, 0.25) is 5.91 Å². The molecule has 4 nitrogen and oxygen atoms in total. The largest absolute Gasteiger partial charge is 0.348 e. The Hall–Kier alpha value is -0.940. The van der Waals surface area contributed by atoms with E-state index in [1.54, 1.807) is 6.92 Å². The van der Waals surface area contributed by atoms with Crippen molar-refractivity contribution in [3.05, 3.63) is 16.1 Å². The van der Waals surface area contributed by atoms with Crippen molar-refractivity contribution in [2.45, 2.75) is 26.4 Å². The number of rotatable bonds is 3. The molecule has 1 heterocycles. The lowest BCUT2D eigenvalue weighted by Gasteiger charge is -2.04. The minimum Gasteiger partial charge on any atom is -0.348 e. The smallest absolute Gasteiger partial charge is 0.236 e. The number of carbonyl (C=O) groups excluding carboxylic acids is 1. The Morgan fingerprint density at radius 3 is 3.00 bits per heavy atom. The Bertz CT molecular complexity index is 295. The average Bonchev–Trinajstić information content (AvgIpc) is 2.47. The Labute approximate surface area is 81.2 Å². The van der Waals surface area contributed by atoms with Gasteiger partial charge < -0.3 is 11.1 Å². The molecule has 1 aromatic rings. The van der Waals surface area contributed by atoms with Gasteiger partial charge in [-0.1, -0.05) is 0 Å². The van der Waals surface area contributed by atoms with Gasteiger partial charge >= 0.3 is 0 Å². The van der Waals surface area contributed by atoms with Gasteiger partial charge in [-0.05, 0) is 13.8 Å². The predicted molar refractivity (Wildman–Crippen MR) is 52.3 cm³/mol. The average molecular weight is 199 g/mol. The third kappa shape index (κ3) is 3.12. The van der Waals surface area contributed by atoms with Crippen molar-refractivity contribution in [1.82, 2.24) is 10.3 Å². The molecule has 0 radical (unpaired) electrons. The highest BCUT2D eigenvalue weighted by Crippen LogP contribution is 2.07. The van der Waals surface area contributed by atoms with E-state index in [2.05, 4.69) is 10.3 Å². The lowest BCUT2D eigenvalue weighted by atomic mass is 10.3. The topological polar surface area (TPSA) is 68.0 Å². The normalized spacial score (nSPS) is 12.5. The van der Waals surface area contributed by atoms with Crippen molar-refractivity contribution < 1.29 is 4.79 Å². The maximum Gasteiger partial charge on any atom is 0.236 e. The van der Waals surface area contributed by atoms with E-state index in [1.165, 1.54) is 11.3 Å². The summed E-state index contributed by atoms with van der Waals surface area (Å²) in [7, 11) is 0. The molecular formula is C8H13N3OS. The molecule has 0 bridgehead atoms. The standard InChI is InChI=1S/C8H13N3OS/c1-5-4-13-7(11-5)3-10-8(12)6(2)9/h4,6H,3,9H2,1-2H3,(H,10,12)/t6-/m1/s1. The highest BCUT2D eigenvalue weighted by Gasteiger charge is 2.07. The summed E-state index contributed by atoms with van der Waals surface area (Å²) in [6.07, 6.45) is 0. The van der Waals surface area contributed by atoms with E-state index in [4.69, 9.17) is 5.73 Å². The molecule has 0 saturated carbocycles. The van der Waals surface area contributed by atoms with Gasteiger partial charge in [0.05, 0.1) is 12.6 Å². The summed E-state index contributed by atoms with van der Waals surface area (Å²) in [5.41, 5.74) is 6.36. The Morgan fingerprint density at radius 2 is 2.54 bits per heavy atom. The van der Waals surface area contributed by atoms with Crippen LogP contribution in [0.25, 0.3) is 0 Å². The molecule has 1 aromatic heterocycles. The van der Waals surface area contributed by atoms with Crippen LogP contribution in [0, 0.1) is 6.92 Å². The zero-order valence-corrected chi connectivity index (χ0v) is 8.52. The molecule has 1 rings (SSSR count). The zero-order valence-electron chi connectivity index (χ0n) is 7.70. The molecule has 13 heavy (non-hydrogen) atoms. The number of nitrogens with two attached hydrogens (primary N) is 1. The predicted octanol–water partition coefficient (Wildman–Crippen LogP) is 0.415. The van der Waals surface area contributed by atoms with Gasteiger partial charge in [-0.15, -0.1) is 11.3 Å². The third-order valence-electron chi connectivity index (χ3n) is 1.49. The van der Waals surface area contributed by atoms with Crippen LogP contribution in [0.1, 0.15) is 17.6 Å². The van der Waals surface area contributed by atoms with Crippen LogP contribution >= 0.6 is 11.3 Å². The first kappa shape index (κ1) is 10.1. The van der Waals surface area contributed by atoms with Gasteiger partial charge in [-0.25, -0.2) is 4.98 Å². The van der Waals surface area contributed by atoms with Crippen LogP contribution in [0.15, 0.2) is 5.38 Å². The van der Waals surface area contributed by atoms with Crippen molar-refractivity contribution in [2.75, 3.05) is 0 Å². The summed E-state index contributed by atoms with van der Waals surface area (Å²) < 4.78 is 0. The van der Waals surface area contributed by atoms with E-state index in [-0.39, 0.29) is 5.91 Å². The maximum atomic E-state index is 11.1. The minimum atomic E-state index is -0.457. The molecule has 0 aliphatic rings. The number of nitrogens with one attached hydrogen (secondary N) is 1. The molecule has 0 fully saturated rings. The first-order chi connectivity index (χ1) is 6.09. The summed E-state index contributed by atoms with van der Waals surface area (Å²) >= 11 is 1.54. The number of aromatic nitrogens is 1. The number of thiazole rings is 1. The fourth-order valence-corrected chi connectivity index (χ4v) is 1.52. The summed E-state index contributed by atoms with van der Waals surface area (Å²) in [4.78, 5) is 15.3. The van der Waals surface area contributed by atoms with Crippen molar-refractivity contribution in [3.8, 4) is 0 Å². The van der Waals surface area contributed by atoms with Gasteiger partial charge in [0.15, 0.2) is 0 Å². The highest BCUT2D eigenvalue weighted by atomic mass is 32.1. The van der Waals surface area contributed by atoms with E-state index in [1.807, 2.05) is 12.3 Å². The first-order valence-corrected chi connectivity index (χ1v) is 4.92. The van der Waals surface area contributed by atoms with E-state index < -0.39 is 6.04 Å². The molecule has 0 aliphatic heterocycles. The van der Waals surface area contributed by atoms with Crippen LogP contribution < -0.4 is 11.1 Å². The van der Waals surface area contributed by atoms with Crippen molar-refractivity contribution in [3.63, 3.8) is 0 Å². The van der Waals surface area contributed by atoms with E-state index in [0.29, 0.717) is 6.54 Å². The number of amides is 1. The van der Waals surface area contributed by atoms with E-state index in [9.17, 15) is 4.79 Å². The summed E-state index contributed by atoms with van der Waals surface area (Å²) in [5.74, 6) is -0.146. The molecule has 0 aliphatic carbocycles. The third-order valence-corrected chi connectivity index (χ3v) is 2.46. The van der Waals surface area contributed by atoms with Crippen LogP contribution in [-0.4, -0.2) is 16.9 Å². The highest BCUT2D eigenvalue weighted by molar-refractivity contribution is 7.09. The molecule has 0 unspecified atom stereocenters. The van der Waals surface area contributed by atoms with Crippen molar-refractivity contribution >= 4 is 17.2 Å². The molecule has 0 spiro atoms. The zero-order chi connectivity index (χ0) is 9.84. The van der Waals surface area contributed by atoms with E-state index in [0.717, 1.165) is 10.7 Å². The van der Waals surface area contributed by atoms with Crippen molar-refractivity contribution in [2.24, 2.45) is 5.73 Å². The number of hydrogen-bond donors (Lipinski definition) is 2. The van der Waals surface area contributed by atoms with E-state index >= 15 is 0 Å². The molecule has 1 amide bonds. The maximum absolute atomic E-state index is 11.1. The molecule has 72 valence electrons. The molecular weight excluding hydrogens is 186 g/mol. The quantitative estimate of drug-likeness (QED) is 0.741. The monoisotopic (exact) mass is 199 g/mol. The number of carbonyl (C=O) groups is 1. The fraction of sp³-hybridized carbons (Fsp3) is 0.500. The Morgan fingerprint density at radius 1 is 1.85 bits per heavy atom. The summed E-state index contributed by atoms with van der Waals surface area (Å²) in [5, 5.41) is 5.56. The summed E-state index contributed by atoms with van der Waals surface area (Å²) in [6.45, 7) is 4.05. The van der Waals surface area contributed by atoms with Crippen LogP contribution in [0.2, 0.25) is 0 Å².